The molecule has 0 atom stereocenters. The molecule has 0 bridgehead atoms. The second-order valence-corrected chi connectivity index (χ2v) is 4.69. The number of nitrogens with zero attached hydrogens (tertiary/aromatic N) is 4. The van der Waals surface area contributed by atoms with Crippen molar-refractivity contribution < 1.29 is 14.8 Å². The van der Waals surface area contributed by atoms with Crippen LogP contribution >= 0.6 is 0 Å². The van der Waals surface area contributed by atoms with Crippen LogP contribution in [0.2, 0.25) is 0 Å². The Morgan fingerprint density at radius 3 is 2.52 bits per heavy atom. The monoisotopic (exact) mass is 317 g/mol. The number of aromatic hydroxyl groups is 1. The summed E-state index contributed by atoms with van der Waals surface area (Å²) >= 11 is 0. The number of aromatic nitrogens is 2. The molecule has 0 amide bonds. The minimum Gasteiger partial charge on any atom is -0.500 e. The highest BCUT2D eigenvalue weighted by Crippen LogP contribution is 2.36. The summed E-state index contributed by atoms with van der Waals surface area (Å²) in [6.45, 7) is 3.66. The van der Waals surface area contributed by atoms with Gasteiger partial charge in [-0.15, -0.1) is 0 Å². The maximum absolute atomic E-state index is 10.9. The highest BCUT2D eigenvalue weighted by Gasteiger charge is 2.19. The maximum Gasteiger partial charge on any atom is 0.315 e. The van der Waals surface area contributed by atoms with Crippen LogP contribution in [0.4, 0.5) is 11.6 Å². The van der Waals surface area contributed by atoms with Crippen molar-refractivity contribution in [2.24, 2.45) is 5.10 Å². The van der Waals surface area contributed by atoms with Gasteiger partial charge in [-0.3, -0.25) is 10.1 Å². The molecule has 0 aliphatic heterocycles. The Labute approximate surface area is 131 Å². The number of phenols is 1. The average Bonchev–Trinajstić information content (AvgIpc) is 2.47. The predicted octanol–water partition coefficient (Wildman–Crippen LogP) is 2.16. The number of anilines is 1. The molecule has 1 heterocycles. The fourth-order valence-electron chi connectivity index (χ4n) is 1.92. The van der Waals surface area contributed by atoms with Gasteiger partial charge in [-0.1, -0.05) is 0 Å². The molecule has 9 nitrogen and oxygen atoms in total. The van der Waals surface area contributed by atoms with Crippen molar-refractivity contribution in [2.75, 3.05) is 12.5 Å². The standard InChI is InChI=1S/C14H15N5O4/c1-8-4-9(2)17-14(16-8)18-15-7-10-5-11(19(21)22)13(20)12(6-10)23-3/h4-7,20H,1-3H3,(H,16,17,18). The number of nitro benzene ring substituents is 1. The predicted molar refractivity (Wildman–Crippen MR) is 84.0 cm³/mol. The topological polar surface area (TPSA) is 123 Å². The number of phenolic OH excluding ortho intramolecular Hbond substituents is 1. The molecule has 1 aromatic heterocycles. The first-order chi connectivity index (χ1) is 10.9. The van der Waals surface area contributed by atoms with Crippen LogP contribution in [0, 0.1) is 24.0 Å². The normalized spacial score (nSPS) is 10.7. The molecule has 23 heavy (non-hydrogen) atoms. The summed E-state index contributed by atoms with van der Waals surface area (Å²) in [6, 6.07) is 4.43. The molecule has 2 rings (SSSR count). The van der Waals surface area contributed by atoms with Gasteiger partial charge in [-0.2, -0.15) is 5.10 Å². The zero-order chi connectivity index (χ0) is 17.0. The number of hydrogen-bond donors (Lipinski definition) is 2. The van der Waals surface area contributed by atoms with E-state index in [0.29, 0.717) is 11.5 Å². The molecule has 0 unspecified atom stereocenters. The van der Waals surface area contributed by atoms with Gasteiger partial charge in [0.2, 0.25) is 11.7 Å². The first-order valence-electron chi connectivity index (χ1n) is 6.57. The van der Waals surface area contributed by atoms with E-state index in [-0.39, 0.29) is 5.75 Å². The number of hydrazone groups is 1. The van der Waals surface area contributed by atoms with Crippen LogP contribution in [0.3, 0.4) is 0 Å². The van der Waals surface area contributed by atoms with Crippen LogP contribution in [-0.4, -0.2) is 33.3 Å². The molecule has 0 aliphatic carbocycles. The smallest absolute Gasteiger partial charge is 0.315 e. The molecule has 2 aromatic rings. The number of methoxy groups -OCH3 is 1. The van der Waals surface area contributed by atoms with Gasteiger partial charge in [-0.25, -0.2) is 15.4 Å². The number of ether oxygens (including phenoxy) is 1. The quantitative estimate of drug-likeness (QED) is 0.492. The van der Waals surface area contributed by atoms with Gasteiger partial charge in [0.05, 0.1) is 18.2 Å². The van der Waals surface area contributed by atoms with Crippen molar-refractivity contribution >= 4 is 17.9 Å². The van der Waals surface area contributed by atoms with Gasteiger partial charge in [0, 0.05) is 23.0 Å². The fraction of sp³-hybridized carbons (Fsp3) is 0.214. The fourth-order valence-corrected chi connectivity index (χ4v) is 1.92. The minimum absolute atomic E-state index is 0.0108. The van der Waals surface area contributed by atoms with E-state index in [4.69, 9.17) is 4.74 Å². The SMILES string of the molecule is COc1cc(C=NNc2nc(C)cc(C)n2)cc([N+](=O)[O-])c1O. The summed E-state index contributed by atoms with van der Waals surface area (Å²) in [6.07, 6.45) is 1.34. The van der Waals surface area contributed by atoms with Gasteiger partial charge in [0.1, 0.15) is 0 Å². The van der Waals surface area contributed by atoms with Gasteiger partial charge >= 0.3 is 5.69 Å². The highest BCUT2D eigenvalue weighted by molar-refractivity contribution is 5.83. The first-order valence-corrected chi connectivity index (χ1v) is 6.57. The Kier molecular flexibility index (Phi) is 4.69. The Morgan fingerprint density at radius 1 is 1.30 bits per heavy atom. The van der Waals surface area contributed by atoms with E-state index in [0.717, 1.165) is 11.4 Å². The molecule has 1 aromatic carbocycles. The molecule has 2 N–H and O–H groups in total. The highest BCUT2D eigenvalue weighted by atomic mass is 16.6. The Morgan fingerprint density at radius 2 is 1.96 bits per heavy atom. The van der Waals surface area contributed by atoms with Crippen molar-refractivity contribution in [3.8, 4) is 11.5 Å². The lowest BCUT2D eigenvalue weighted by molar-refractivity contribution is -0.386. The number of rotatable bonds is 5. The van der Waals surface area contributed by atoms with Crippen LogP contribution in [0.15, 0.2) is 23.3 Å². The molecule has 9 heteroatoms. The number of benzene rings is 1. The first kappa shape index (κ1) is 16.1. The average molecular weight is 317 g/mol. The third-order valence-corrected chi connectivity index (χ3v) is 2.85. The number of nitro groups is 1. The van der Waals surface area contributed by atoms with Crippen LogP contribution in [0.1, 0.15) is 17.0 Å². The van der Waals surface area contributed by atoms with Crippen molar-refractivity contribution in [1.82, 2.24) is 9.97 Å². The molecule has 0 spiro atoms. The number of hydrogen-bond acceptors (Lipinski definition) is 8. The number of nitrogens with one attached hydrogen (secondary N) is 1. The van der Waals surface area contributed by atoms with Gasteiger partial charge in [0.15, 0.2) is 5.75 Å². The van der Waals surface area contributed by atoms with Crippen LogP contribution in [0.25, 0.3) is 0 Å². The molecule has 0 aliphatic rings. The summed E-state index contributed by atoms with van der Waals surface area (Å²) in [5, 5.41) is 24.6. The van der Waals surface area contributed by atoms with E-state index >= 15 is 0 Å². The van der Waals surface area contributed by atoms with Gasteiger partial charge in [-0.05, 0) is 26.0 Å². The van der Waals surface area contributed by atoms with Crippen LogP contribution in [-0.2, 0) is 0 Å². The summed E-state index contributed by atoms with van der Waals surface area (Å²) in [5.41, 5.74) is 4.14. The third kappa shape index (κ3) is 3.90. The molecule has 0 radical (unpaired) electrons. The zero-order valence-electron chi connectivity index (χ0n) is 12.8. The lowest BCUT2D eigenvalue weighted by Crippen LogP contribution is -2.00. The number of aryl methyl sites for hydroxylation is 2. The maximum atomic E-state index is 10.9. The third-order valence-electron chi connectivity index (χ3n) is 2.85. The minimum atomic E-state index is -0.699. The molecular formula is C14H15N5O4. The van der Waals surface area contributed by atoms with E-state index in [1.807, 2.05) is 19.9 Å². The second-order valence-electron chi connectivity index (χ2n) is 4.69. The van der Waals surface area contributed by atoms with Gasteiger partial charge in [0.25, 0.3) is 0 Å². The molecule has 120 valence electrons. The van der Waals surface area contributed by atoms with E-state index in [1.54, 1.807) is 0 Å². The van der Waals surface area contributed by atoms with Crippen molar-refractivity contribution in [3.63, 3.8) is 0 Å². The van der Waals surface area contributed by atoms with Crippen LogP contribution in [0.5, 0.6) is 11.5 Å². The Hall–Kier alpha value is -3.23. The van der Waals surface area contributed by atoms with Crippen LogP contribution < -0.4 is 10.2 Å². The lowest BCUT2D eigenvalue weighted by atomic mass is 10.2. The molecule has 0 saturated heterocycles. The largest absolute Gasteiger partial charge is 0.500 e. The summed E-state index contributed by atoms with van der Waals surface area (Å²) in [7, 11) is 1.31. The summed E-state index contributed by atoms with van der Waals surface area (Å²) < 4.78 is 4.91. The Balaban J connectivity index is 2.25. The summed E-state index contributed by atoms with van der Waals surface area (Å²) in [4.78, 5) is 18.5. The van der Waals surface area contributed by atoms with E-state index in [2.05, 4.69) is 20.5 Å². The van der Waals surface area contributed by atoms with Crippen molar-refractivity contribution in [1.29, 1.82) is 0 Å². The van der Waals surface area contributed by atoms with Crippen molar-refractivity contribution in [2.45, 2.75) is 13.8 Å². The zero-order valence-corrected chi connectivity index (χ0v) is 12.8. The Bertz CT molecular complexity index is 756. The molecule has 0 saturated carbocycles. The van der Waals surface area contributed by atoms with Gasteiger partial charge < -0.3 is 9.84 Å². The molecule has 0 fully saturated rings. The molecular weight excluding hydrogens is 302 g/mol. The van der Waals surface area contributed by atoms with Crippen molar-refractivity contribution in [3.05, 3.63) is 45.3 Å². The lowest BCUT2D eigenvalue weighted by Gasteiger charge is -2.05. The van der Waals surface area contributed by atoms with E-state index in [1.165, 1.54) is 25.5 Å². The second kappa shape index (κ2) is 6.69. The van der Waals surface area contributed by atoms with E-state index < -0.39 is 16.4 Å². The van der Waals surface area contributed by atoms with E-state index in [9.17, 15) is 15.2 Å². The summed E-state index contributed by atoms with van der Waals surface area (Å²) in [5.74, 6) is -0.220.